The second-order valence-electron chi connectivity index (χ2n) is 5.25. The van der Waals surface area contributed by atoms with Gasteiger partial charge in [0.2, 0.25) is 0 Å². The molecule has 0 amide bonds. The highest BCUT2D eigenvalue weighted by Crippen LogP contribution is 2.16. The van der Waals surface area contributed by atoms with Gasteiger partial charge in [0.1, 0.15) is 6.54 Å². The average Bonchev–Trinajstić information content (AvgIpc) is 3.01. The highest BCUT2D eigenvalue weighted by atomic mass is 35.5. The third kappa shape index (κ3) is 5.28. The number of guanidine groups is 1. The topological polar surface area (TPSA) is 62.5 Å². The molecule has 1 heterocycles. The van der Waals surface area contributed by atoms with Crippen molar-refractivity contribution in [1.82, 2.24) is 15.8 Å². The molecule has 0 saturated carbocycles. The van der Waals surface area contributed by atoms with Crippen molar-refractivity contribution >= 4 is 17.6 Å². The van der Waals surface area contributed by atoms with E-state index in [9.17, 15) is 0 Å². The molecule has 1 aromatic heterocycles. The molecule has 0 bridgehead atoms. The smallest absolute Gasteiger partial charge is 0.192 e. The highest BCUT2D eigenvalue weighted by Gasteiger charge is 2.08. The lowest BCUT2D eigenvalue weighted by molar-refractivity contribution is 0.379. The van der Waals surface area contributed by atoms with Crippen molar-refractivity contribution in [3.05, 3.63) is 52.4 Å². The molecule has 23 heavy (non-hydrogen) atoms. The predicted octanol–water partition coefficient (Wildman–Crippen LogP) is 3.71. The Balaban J connectivity index is 2.01. The van der Waals surface area contributed by atoms with Gasteiger partial charge in [-0.3, -0.25) is 0 Å². The van der Waals surface area contributed by atoms with Crippen molar-refractivity contribution in [1.29, 1.82) is 0 Å². The number of nitrogens with zero attached hydrogens (tertiary/aromatic N) is 2. The Morgan fingerprint density at radius 1 is 1.30 bits per heavy atom. The maximum absolute atomic E-state index is 5.93. The number of benzene rings is 1. The molecular weight excluding hydrogens is 312 g/mol. The van der Waals surface area contributed by atoms with Crippen LogP contribution in [0.3, 0.4) is 0 Å². The fourth-order valence-corrected chi connectivity index (χ4v) is 2.24. The summed E-state index contributed by atoms with van der Waals surface area (Å²) in [7, 11) is 0. The van der Waals surface area contributed by atoms with Crippen molar-refractivity contribution in [2.45, 2.75) is 39.8 Å². The number of aryl methyl sites for hydroxylation is 1. The van der Waals surface area contributed by atoms with Crippen molar-refractivity contribution in [3.63, 3.8) is 0 Å². The van der Waals surface area contributed by atoms with Crippen molar-refractivity contribution in [2.24, 2.45) is 4.99 Å². The Morgan fingerprint density at radius 2 is 2.04 bits per heavy atom. The number of aliphatic imine (C=N–C) groups is 1. The first-order chi connectivity index (χ1) is 11.1. The standard InChI is InChI=1S/C17H23ClN4O/c1-4-15-10-16(23-22-15)11-20-17(19-5-2)21-12(3)13-6-8-14(18)9-7-13/h6-10,12H,4-5,11H2,1-3H3,(H2,19,20,21). The Hall–Kier alpha value is -2.01. The zero-order valence-electron chi connectivity index (χ0n) is 13.8. The fourth-order valence-electron chi connectivity index (χ4n) is 2.11. The number of hydrogen-bond acceptors (Lipinski definition) is 3. The van der Waals surface area contributed by atoms with E-state index in [1.165, 1.54) is 0 Å². The van der Waals surface area contributed by atoms with Crippen molar-refractivity contribution in [3.8, 4) is 0 Å². The summed E-state index contributed by atoms with van der Waals surface area (Å²) in [6, 6.07) is 9.85. The first-order valence-corrected chi connectivity index (χ1v) is 8.25. The number of nitrogens with one attached hydrogen (secondary N) is 2. The van der Waals surface area contributed by atoms with E-state index in [0.717, 1.165) is 41.0 Å². The lowest BCUT2D eigenvalue weighted by atomic mass is 10.1. The van der Waals surface area contributed by atoms with Crippen LogP contribution in [0.25, 0.3) is 0 Å². The summed E-state index contributed by atoms with van der Waals surface area (Å²) in [6.07, 6.45) is 0.860. The molecule has 0 saturated heterocycles. The van der Waals surface area contributed by atoms with E-state index in [1.807, 2.05) is 44.2 Å². The summed E-state index contributed by atoms with van der Waals surface area (Å²) < 4.78 is 5.26. The third-order valence-corrected chi connectivity index (χ3v) is 3.68. The number of halogens is 1. The minimum Gasteiger partial charge on any atom is -0.359 e. The van der Waals surface area contributed by atoms with Gasteiger partial charge in [0.25, 0.3) is 0 Å². The van der Waals surface area contributed by atoms with E-state index in [-0.39, 0.29) is 6.04 Å². The van der Waals surface area contributed by atoms with Crippen LogP contribution in [0, 0.1) is 0 Å². The van der Waals surface area contributed by atoms with Gasteiger partial charge in [0, 0.05) is 17.6 Å². The molecule has 2 N–H and O–H groups in total. The molecule has 2 rings (SSSR count). The lowest BCUT2D eigenvalue weighted by Gasteiger charge is -2.18. The minimum absolute atomic E-state index is 0.117. The molecule has 0 spiro atoms. The Kier molecular flexibility index (Phi) is 6.47. The number of rotatable bonds is 6. The zero-order chi connectivity index (χ0) is 16.7. The molecule has 1 aromatic carbocycles. The number of aromatic nitrogens is 1. The van der Waals surface area contributed by atoms with Gasteiger partial charge in [-0.2, -0.15) is 0 Å². The largest absolute Gasteiger partial charge is 0.359 e. The zero-order valence-corrected chi connectivity index (χ0v) is 14.5. The first kappa shape index (κ1) is 17.3. The summed E-state index contributed by atoms with van der Waals surface area (Å²) in [5, 5.41) is 11.3. The third-order valence-electron chi connectivity index (χ3n) is 3.43. The van der Waals surface area contributed by atoms with Crippen LogP contribution < -0.4 is 10.6 Å². The number of hydrogen-bond donors (Lipinski definition) is 2. The SMILES string of the molecule is CCNC(=NCc1cc(CC)no1)NC(C)c1ccc(Cl)cc1. The molecule has 5 nitrogen and oxygen atoms in total. The molecule has 6 heteroatoms. The molecule has 2 aromatic rings. The Morgan fingerprint density at radius 3 is 2.65 bits per heavy atom. The molecule has 0 fully saturated rings. The molecule has 0 aliphatic carbocycles. The van der Waals surface area contributed by atoms with Crippen LogP contribution in [0.5, 0.6) is 0 Å². The van der Waals surface area contributed by atoms with E-state index >= 15 is 0 Å². The maximum atomic E-state index is 5.93. The van der Waals surface area contributed by atoms with Crippen LogP contribution in [-0.4, -0.2) is 17.7 Å². The quantitative estimate of drug-likeness (QED) is 0.624. The van der Waals surface area contributed by atoms with Gasteiger partial charge in [-0.15, -0.1) is 0 Å². The molecule has 0 aliphatic heterocycles. The van der Waals surface area contributed by atoms with E-state index in [2.05, 4.69) is 27.7 Å². The van der Waals surface area contributed by atoms with Gasteiger partial charge >= 0.3 is 0 Å². The summed E-state index contributed by atoms with van der Waals surface area (Å²) in [6.45, 7) is 7.41. The summed E-state index contributed by atoms with van der Waals surface area (Å²) in [5.74, 6) is 1.50. The van der Waals surface area contributed by atoms with Crippen molar-refractivity contribution in [2.75, 3.05) is 6.54 Å². The molecule has 0 radical (unpaired) electrons. The highest BCUT2D eigenvalue weighted by molar-refractivity contribution is 6.30. The van der Waals surface area contributed by atoms with Crippen LogP contribution in [-0.2, 0) is 13.0 Å². The molecule has 1 atom stereocenters. The van der Waals surface area contributed by atoms with Crippen molar-refractivity contribution < 1.29 is 4.52 Å². The Bertz CT molecular complexity index is 636. The monoisotopic (exact) mass is 334 g/mol. The maximum Gasteiger partial charge on any atom is 0.192 e. The van der Waals surface area contributed by atoms with Crippen LogP contribution in [0.2, 0.25) is 5.02 Å². The van der Waals surface area contributed by atoms with Gasteiger partial charge in [0.15, 0.2) is 11.7 Å². The second-order valence-corrected chi connectivity index (χ2v) is 5.69. The van der Waals surface area contributed by atoms with Gasteiger partial charge in [-0.1, -0.05) is 35.8 Å². The van der Waals surface area contributed by atoms with Gasteiger partial charge in [0.05, 0.1) is 11.7 Å². The molecule has 0 aliphatic rings. The van der Waals surface area contributed by atoms with Crippen LogP contribution in [0.4, 0.5) is 0 Å². The van der Waals surface area contributed by atoms with E-state index < -0.39 is 0 Å². The summed E-state index contributed by atoms with van der Waals surface area (Å²) in [5.41, 5.74) is 2.09. The van der Waals surface area contributed by atoms with E-state index in [4.69, 9.17) is 16.1 Å². The predicted molar refractivity (Wildman–Crippen MR) is 93.7 cm³/mol. The summed E-state index contributed by atoms with van der Waals surface area (Å²) >= 11 is 5.93. The van der Waals surface area contributed by atoms with Gasteiger partial charge in [-0.25, -0.2) is 4.99 Å². The average molecular weight is 335 g/mol. The Labute approximate surface area is 142 Å². The van der Waals surface area contributed by atoms with E-state index in [0.29, 0.717) is 6.54 Å². The minimum atomic E-state index is 0.117. The van der Waals surface area contributed by atoms with Gasteiger partial charge < -0.3 is 15.2 Å². The summed E-state index contributed by atoms with van der Waals surface area (Å²) in [4.78, 5) is 4.55. The van der Waals surface area contributed by atoms with E-state index in [1.54, 1.807) is 0 Å². The second kappa shape index (κ2) is 8.58. The normalized spacial score (nSPS) is 13.0. The van der Waals surface area contributed by atoms with Crippen LogP contribution in [0.1, 0.15) is 43.8 Å². The van der Waals surface area contributed by atoms with Crippen LogP contribution >= 0.6 is 11.6 Å². The fraction of sp³-hybridized carbons (Fsp3) is 0.412. The molecule has 1 unspecified atom stereocenters. The first-order valence-electron chi connectivity index (χ1n) is 7.87. The molecule has 124 valence electrons. The van der Waals surface area contributed by atoms with Gasteiger partial charge in [-0.05, 0) is 38.0 Å². The lowest BCUT2D eigenvalue weighted by Crippen LogP contribution is -2.38. The molecular formula is C17H23ClN4O. The van der Waals surface area contributed by atoms with Crippen LogP contribution in [0.15, 0.2) is 39.8 Å².